The zero-order chi connectivity index (χ0) is 11.1. The topological polar surface area (TPSA) is 46.5 Å². The molecule has 0 aliphatic heterocycles. The lowest BCUT2D eigenvalue weighted by atomic mass is 10.1. The molecule has 16 heavy (non-hydrogen) atoms. The summed E-state index contributed by atoms with van der Waals surface area (Å²) in [7, 11) is 0. The molecular weight excluding hydrogens is 204 g/mol. The molecule has 2 aromatic rings. The van der Waals surface area contributed by atoms with Gasteiger partial charge in [-0.15, -0.1) is 0 Å². The molecule has 0 saturated heterocycles. The van der Waals surface area contributed by atoms with Crippen molar-refractivity contribution in [2.24, 2.45) is 5.92 Å². The Labute approximate surface area is 93.7 Å². The summed E-state index contributed by atoms with van der Waals surface area (Å²) in [6, 6.07) is 5.55. The van der Waals surface area contributed by atoms with E-state index in [1.165, 1.54) is 12.7 Å². The maximum absolute atomic E-state index is 10.0. The van der Waals surface area contributed by atoms with E-state index in [4.69, 9.17) is 8.83 Å². The highest BCUT2D eigenvalue weighted by molar-refractivity contribution is 5.24. The van der Waals surface area contributed by atoms with Crippen molar-refractivity contribution in [3.8, 4) is 0 Å². The Bertz CT molecular complexity index is 469. The summed E-state index contributed by atoms with van der Waals surface area (Å²) >= 11 is 0. The van der Waals surface area contributed by atoms with E-state index in [0.29, 0.717) is 17.6 Å². The Morgan fingerprint density at radius 1 is 1.38 bits per heavy atom. The van der Waals surface area contributed by atoms with E-state index in [-0.39, 0.29) is 0 Å². The molecule has 0 radical (unpaired) electrons. The lowest BCUT2D eigenvalue weighted by Crippen LogP contribution is -1.95. The van der Waals surface area contributed by atoms with Crippen LogP contribution in [-0.2, 0) is 0 Å². The summed E-state index contributed by atoms with van der Waals surface area (Å²) in [4.78, 5) is 0. The Morgan fingerprint density at radius 2 is 2.19 bits per heavy atom. The molecular formula is C13H14O3. The van der Waals surface area contributed by atoms with Gasteiger partial charge in [0.05, 0.1) is 12.5 Å². The molecule has 0 amide bonds. The number of rotatable bonds is 3. The van der Waals surface area contributed by atoms with Gasteiger partial charge < -0.3 is 13.9 Å². The van der Waals surface area contributed by atoms with Crippen LogP contribution in [0.25, 0.3) is 0 Å². The lowest BCUT2D eigenvalue weighted by Gasteiger charge is -2.03. The predicted molar refractivity (Wildman–Crippen MR) is 58.0 cm³/mol. The van der Waals surface area contributed by atoms with Crippen molar-refractivity contribution in [2.45, 2.75) is 25.4 Å². The highest BCUT2D eigenvalue weighted by Gasteiger charge is 2.37. The average Bonchev–Trinajstić information content (AvgIpc) is 2.84. The van der Waals surface area contributed by atoms with E-state index in [1.807, 2.05) is 12.1 Å². The summed E-state index contributed by atoms with van der Waals surface area (Å²) in [6.45, 7) is 2.21. The molecule has 0 aromatic carbocycles. The average molecular weight is 218 g/mol. The van der Waals surface area contributed by atoms with Gasteiger partial charge in [0.15, 0.2) is 0 Å². The Kier molecular flexibility index (Phi) is 2.14. The summed E-state index contributed by atoms with van der Waals surface area (Å²) in [6.07, 6.45) is 3.55. The van der Waals surface area contributed by atoms with Gasteiger partial charge in [0.1, 0.15) is 17.6 Å². The van der Waals surface area contributed by atoms with Crippen molar-refractivity contribution in [1.82, 2.24) is 0 Å². The van der Waals surface area contributed by atoms with Crippen LogP contribution in [0.3, 0.4) is 0 Å². The van der Waals surface area contributed by atoms with Crippen LogP contribution in [0.2, 0.25) is 0 Å². The monoisotopic (exact) mass is 218 g/mol. The molecule has 3 rings (SSSR count). The summed E-state index contributed by atoms with van der Waals surface area (Å²) < 4.78 is 10.6. The van der Waals surface area contributed by atoms with E-state index < -0.39 is 6.10 Å². The van der Waals surface area contributed by atoms with Crippen molar-refractivity contribution >= 4 is 0 Å². The quantitative estimate of drug-likeness (QED) is 0.861. The van der Waals surface area contributed by atoms with Gasteiger partial charge in [-0.25, -0.2) is 0 Å². The van der Waals surface area contributed by atoms with Crippen molar-refractivity contribution in [3.05, 3.63) is 47.8 Å². The molecule has 1 fully saturated rings. The van der Waals surface area contributed by atoms with Gasteiger partial charge in [0.2, 0.25) is 0 Å². The van der Waals surface area contributed by atoms with E-state index in [9.17, 15) is 5.11 Å². The van der Waals surface area contributed by atoms with Gasteiger partial charge in [0, 0.05) is 11.5 Å². The van der Waals surface area contributed by atoms with Crippen molar-refractivity contribution < 1.29 is 13.9 Å². The highest BCUT2D eigenvalue weighted by atomic mass is 16.4. The first-order valence-electron chi connectivity index (χ1n) is 5.55. The summed E-state index contributed by atoms with van der Waals surface area (Å²) in [5, 5.41) is 10.0. The smallest absolute Gasteiger partial charge is 0.140 e. The van der Waals surface area contributed by atoms with Crippen molar-refractivity contribution in [1.29, 1.82) is 0 Å². The predicted octanol–water partition coefficient (Wildman–Crippen LogP) is 3.08. The second-order valence-corrected chi connectivity index (χ2v) is 4.52. The first kappa shape index (κ1) is 9.73. The Hall–Kier alpha value is -1.48. The molecule has 1 N–H and O–H groups in total. The van der Waals surface area contributed by atoms with E-state index in [2.05, 4.69) is 6.92 Å². The Balaban J connectivity index is 1.82. The molecule has 1 aliphatic carbocycles. The zero-order valence-electron chi connectivity index (χ0n) is 9.09. The minimum absolute atomic E-state index is 0.547. The third-order valence-electron chi connectivity index (χ3n) is 3.25. The van der Waals surface area contributed by atoms with Gasteiger partial charge in [-0.1, -0.05) is 6.92 Å². The number of aliphatic hydroxyl groups is 1. The van der Waals surface area contributed by atoms with Gasteiger partial charge in [-0.2, -0.15) is 0 Å². The molecule has 3 nitrogen and oxygen atoms in total. The Morgan fingerprint density at radius 3 is 2.81 bits per heavy atom. The largest absolute Gasteiger partial charge is 0.472 e. The van der Waals surface area contributed by atoms with E-state index in [1.54, 1.807) is 12.3 Å². The maximum atomic E-state index is 10.0. The zero-order valence-corrected chi connectivity index (χ0v) is 9.09. The summed E-state index contributed by atoms with van der Waals surface area (Å²) in [5.41, 5.74) is 0.727. The SMILES string of the molecule is CC1CC1c1ccc(C(O)c2ccoc2)o1. The molecule has 3 heteroatoms. The minimum atomic E-state index is -0.721. The fraction of sp³-hybridized carbons (Fsp3) is 0.385. The fourth-order valence-electron chi connectivity index (χ4n) is 2.03. The normalized spacial score (nSPS) is 25.6. The molecule has 2 aromatic heterocycles. The molecule has 2 heterocycles. The third-order valence-corrected chi connectivity index (χ3v) is 3.25. The first-order chi connectivity index (χ1) is 7.75. The molecule has 1 aliphatic rings. The van der Waals surface area contributed by atoms with Crippen LogP contribution in [0.1, 0.15) is 42.5 Å². The standard InChI is InChI=1S/C13H14O3/c1-8-6-10(8)11-2-3-12(16-11)13(14)9-4-5-15-7-9/h2-5,7-8,10,13-14H,6H2,1H3. The van der Waals surface area contributed by atoms with Crippen LogP contribution in [0.5, 0.6) is 0 Å². The lowest BCUT2D eigenvalue weighted by molar-refractivity contribution is 0.186. The van der Waals surface area contributed by atoms with Gasteiger partial charge in [-0.3, -0.25) is 0 Å². The van der Waals surface area contributed by atoms with Crippen LogP contribution in [-0.4, -0.2) is 5.11 Å². The van der Waals surface area contributed by atoms with E-state index in [0.717, 1.165) is 11.3 Å². The molecule has 1 saturated carbocycles. The molecule has 84 valence electrons. The van der Waals surface area contributed by atoms with Gasteiger partial charge in [0.25, 0.3) is 0 Å². The first-order valence-corrected chi connectivity index (χ1v) is 5.55. The van der Waals surface area contributed by atoms with Crippen LogP contribution in [0.15, 0.2) is 39.6 Å². The highest BCUT2D eigenvalue weighted by Crippen LogP contribution is 2.47. The second-order valence-electron chi connectivity index (χ2n) is 4.52. The fourth-order valence-corrected chi connectivity index (χ4v) is 2.03. The molecule has 3 unspecified atom stereocenters. The van der Waals surface area contributed by atoms with Gasteiger partial charge in [-0.05, 0) is 30.5 Å². The van der Waals surface area contributed by atoms with Crippen LogP contribution < -0.4 is 0 Å². The van der Waals surface area contributed by atoms with Crippen LogP contribution in [0.4, 0.5) is 0 Å². The number of hydrogen-bond donors (Lipinski definition) is 1. The number of furan rings is 2. The molecule has 3 atom stereocenters. The van der Waals surface area contributed by atoms with E-state index >= 15 is 0 Å². The second kappa shape index (κ2) is 3.52. The van der Waals surface area contributed by atoms with Crippen molar-refractivity contribution in [3.63, 3.8) is 0 Å². The maximum Gasteiger partial charge on any atom is 0.140 e. The minimum Gasteiger partial charge on any atom is -0.472 e. The third kappa shape index (κ3) is 1.57. The molecule has 0 spiro atoms. The van der Waals surface area contributed by atoms with Crippen LogP contribution >= 0.6 is 0 Å². The molecule has 0 bridgehead atoms. The van der Waals surface area contributed by atoms with Crippen molar-refractivity contribution in [2.75, 3.05) is 0 Å². The summed E-state index contributed by atoms with van der Waals surface area (Å²) in [5.74, 6) is 2.84. The van der Waals surface area contributed by atoms with Crippen LogP contribution in [0, 0.1) is 5.92 Å². The van der Waals surface area contributed by atoms with Gasteiger partial charge >= 0.3 is 0 Å². The number of hydrogen-bond acceptors (Lipinski definition) is 3. The number of aliphatic hydroxyl groups excluding tert-OH is 1.